The fraction of sp³-hybridized carbons (Fsp3) is 0.611. The van der Waals surface area contributed by atoms with Crippen molar-refractivity contribution >= 4 is 34.2 Å². The highest BCUT2D eigenvalue weighted by molar-refractivity contribution is 7.18. The molecule has 0 unspecified atom stereocenters. The minimum Gasteiger partial charge on any atom is -0.459 e. The lowest BCUT2D eigenvalue weighted by Crippen LogP contribution is -2.28. The molecule has 0 aromatic carbocycles. The van der Waals surface area contributed by atoms with Crippen molar-refractivity contribution in [3.8, 4) is 0 Å². The largest absolute Gasteiger partial charge is 0.459 e. The number of anilines is 1. The number of ether oxygens (including phenoxy) is 2. The normalized spacial score (nSPS) is 11.6. The average Bonchev–Trinajstić information content (AvgIpc) is 2.72. The smallest absolute Gasteiger partial charge is 0.348 e. The summed E-state index contributed by atoms with van der Waals surface area (Å²) in [4.78, 5) is 37.4. The number of hydrogen-bond donors (Lipinski definition) is 1. The van der Waals surface area contributed by atoms with E-state index < -0.39 is 17.4 Å². The van der Waals surface area contributed by atoms with E-state index in [1.807, 2.05) is 0 Å². The zero-order valence-corrected chi connectivity index (χ0v) is 16.9. The van der Waals surface area contributed by atoms with Gasteiger partial charge in [-0.2, -0.15) is 0 Å². The van der Waals surface area contributed by atoms with Gasteiger partial charge in [-0.1, -0.05) is 20.8 Å². The van der Waals surface area contributed by atoms with Gasteiger partial charge in [0.2, 0.25) is 5.91 Å². The molecule has 1 heterocycles. The van der Waals surface area contributed by atoms with Gasteiger partial charge >= 0.3 is 11.9 Å². The standard InChI is InChI=1S/C18H27NO5S/c1-9(2)23-15(20)12-11(5)13(16(21)24-10(3)4)25-14(12)19-17(22)18(6,7)8/h9-10H,1-8H3,(H,19,22). The molecule has 6 nitrogen and oxygen atoms in total. The quantitative estimate of drug-likeness (QED) is 0.788. The molecular weight excluding hydrogens is 342 g/mol. The molecule has 0 spiro atoms. The van der Waals surface area contributed by atoms with E-state index >= 15 is 0 Å². The maximum atomic E-state index is 12.5. The van der Waals surface area contributed by atoms with Crippen LogP contribution >= 0.6 is 11.3 Å². The van der Waals surface area contributed by atoms with E-state index in [2.05, 4.69) is 5.32 Å². The molecule has 0 bridgehead atoms. The highest BCUT2D eigenvalue weighted by Crippen LogP contribution is 2.35. The molecule has 0 aliphatic carbocycles. The average molecular weight is 369 g/mol. The molecule has 7 heteroatoms. The zero-order chi connectivity index (χ0) is 19.5. The van der Waals surface area contributed by atoms with E-state index in [1.54, 1.807) is 55.4 Å². The third-order valence-corrected chi connectivity index (χ3v) is 4.32. The number of esters is 2. The first kappa shape index (κ1) is 21.2. The Morgan fingerprint density at radius 3 is 1.88 bits per heavy atom. The number of carbonyl (C=O) groups excluding carboxylic acids is 3. The fourth-order valence-electron chi connectivity index (χ4n) is 1.87. The second kappa shape index (κ2) is 7.99. The van der Waals surface area contributed by atoms with Crippen LogP contribution in [0.25, 0.3) is 0 Å². The minimum atomic E-state index is -0.643. The van der Waals surface area contributed by atoms with E-state index in [1.165, 1.54) is 0 Å². The molecular formula is C18H27NO5S. The molecule has 0 aliphatic heterocycles. The van der Waals surface area contributed by atoms with Gasteiger partial charge in [0, 0.05) is 5.41 Å². The third-order valence-electron chi connectivity index (χ3n) is 3.13. The Kier molecular flexibility index (Phi) is 6.76. The number of rotatable bonds is 5. The molecule has 0 atom stereocenters. The molecule has 1 amide bonds. The SMILES string of the molecule is Cc1c(C(=O)OC(C)C)sc(NC(=O)C(C)(C)C)c1C(=O)OC(C)C. The summed E-state index contributed by atoms with van der Waals surface area (Å²) in [5.74, 6) is -1.35. The highest BCUT2D eigenvalue weighted by Gasteiger charge is 2.30. The van der Waals surface area contributed by atoms with Crippen molar-refractivity contribution in [1.82, 2.24) is 0 Å². The van der Waals surface area contributed by atoms with Crippen molar-refractivity contribution in [2.75, 3.05) is 5.32 Å². The van der Waals surface area contributed by atoms with Crippen LogP contribution in [0.15, 0.2) is 0 Å². The maximum absolute atomic E-state index is 12.5. The molecule has 1 N–H and O–H groups in total. The number of carbonyl (C=O) groups is 3. The van der Waals surface area contributed by atoms with E-state index in [4.69, 9.17) is 9.47 Å². The zero-order valence-electron chi connectivity index (χ0n) is 16.1. The Morgan fingerprint density at radius 2 is 1.44 bits per heavy atom. The van der Waals surface area contributed by atoms with Crippen molar-refractivity contribution < 1.29 is 23.9 Å². The molecule has 1 rings (SSSR count). The van der Waals surface area contributed by atoms with E-state index in [9.17, 15) is 14.4 Å². The summed E-state index contributed by atoms with van der Waals surface area (Å²) in [6.07, 6.45) is -0.600. The van der Waals surface area contributed by atoms with Gasteiger partial charge in [0.1, 0.15) is 9.88 Å². The van der Waals surface area contributed by atoms with Crippen molar-refractivity contribution in [3.05, 3.63) is 16.0 Å². The molecule has 1 aromatic heterocycles. The number of hydrogen-bond acceptors (Lipinski definition) is 6. The van der Waals surface area contributed by atoms with Gasteiger partial charge in [0.05, 0.1) is 17.8 Å². The van der Waals surface area contributed by atoms with Gasteiger partial charge in [-0.25, -0.2) is 9.59 Å². The fourth-order valence-corrected chi connectivity index (χ4v) is 2.95. The Bertz CT molecular complexity index is 668. The summed E-state index contributed by atoms with van der Waals surface area (Å²) in [6.45, 7) is 13.9. The van der Waals surface area contributed by atoms with E-state index in [-0.39, 0.29) is 28.6 Å². The lowest BCUT2D eigenvalue weighted by atomic mass is 9.96. The lowest BCUT2D eigenvalue weighted by Gasteiger charge is -2.17. The third kappa shape index (κ3) is 5.56. The van der Waals surface area contributed by atoms with Crippen LogP contribution in [0, 0.1) is 12.3 Å². The van der Waals surface area contributed by atoms with Crippen LogP contribution in [0.4, 0.5) is 5.00 Å². The summed E-state index contributed by atoms with van der Waals surface area (Å²) in [7, 11) is 0. The Hall–Kier alpha value is -1.89. The van der Waals surface area contributed by atoms with Gasteiger partial charge < -0.3 is 14.8 Å². The van der Waals surface area contributed by atoms with Crippen LogP contribution in [0.1, 0.15) is 74.1 Å². The van der Waals surface area contributed by atoms with Crippen molar-refractivity contribution in [2.45, 2.75) is 67.6 Å². The molecule has 0 radical (unpaired) electrons. The maximum Gasteiger partial charge on any atom is 0.348 e. The first-order valence-electron chi connectivity index (χ1n) is 8.21. The number of nitrogens with one attached hydrogen (secondary N) is 1. The molecule has 1 aromatic rings. The second-order valence-electron chi connectivity index (χ2n) is 7.37. The minimum absolute atomic E-state index is 0.201. The lowest BCUT2D eigenvalue weighted by molar-refractivity contribution is -0.123. The van der Waals surface area contributed by atoms with Crippen molar-refractivity contribution in [1.29, 1.82) is 0 Å². The van der Waals surface area contributed by atoms with Gasteiger partial charge in [-0.15, -0.1) is 11.3 Å². The van der Waals surface area contributed by atoms with E-state index in [0.29, 0.717) is 10.6 Å². The molecule has 25 heavy (non-hydrogen) atoms. The number of thiophene rings is 1. The second-order valence-corrected chi connectivity index (χ2v) is 8.39. The molecule has 0 saturated heterocycles. The Balaban J connectivity index is 3.34. The van der Waals surface area contributed by atoms with Crippen LogP contribution in [-0.2, 0) is 14.3 Å². The topological polar surface area (TPSA) is 81.7 Å². The summed E-state index contributed by atoms with van der Waals surface area (Å²) in [6, 6.07) is 0. The van der Waals surface area contributed by atoms with Crippen LogP contribution in [0.5, 0.6) is 0 Å². The predicted molar refractivity (Wildman–Crippen MR) is 98.2 cm³/mol. The summed E-state index contributed by atoms with van der Waals surface area (Å²) < 4.78 is 10.5. The van der Waals surface area contributed by atoms with E-state index in [0.717, 1.165) is 11.3 Å². The van der Waals surface area contributed by atoms with Gasteiger partial charge in [0.15, 0.2) is 0 Å². The Morgan fingerprint density at radius 1 is 0.960 bits per heavy atom. The van der Waals surface area contributed by atoms with Crippen LogP contribution < -0.4 is 5.32 Å². The summed E-state index contributed by atoms with van der Waals surface area (Å²) in [5.41, 5.74) is 0.00734. The van der Waals surface area contributed by atoms with Crippen molar-refractivity contribution in [2.24, 2.45) is 5.41 Å². The molecule has 0 aliphatic rings. The van der Waals surface area contributed by atoms with Crippen LogP contribution in [0.3, 0.4) is 0 Å². The van der Waals surface area contributed by atoms with Gasteiger partial charge in [0.25, 0.3) is 0 Å². The monoisotopic (exact) mass is 369 g/mol. The van der Waals surface area contributed by atoms with Crippen LogP contribution in [-0.4, -0.2) is 30.1 Å². The predicted octanol–water partition coefficient (Wildman–Crippen LogP) is 4.17. The first-order chi connectivity index (χ1) is 11.3. The summed E-state index contributed by atoms with van der Waals surface area (Å²) >= 11 is 1.03. The number of amides is 1. The molecule has 0 saturated carbocycles. The van der Waals surface area contributed by atoms with Gasteiger partial charge in [-0.3, -0.25) is 4.79 Å². The Labute approximate surface area is 152 Å². The summed E-state index contributed by atoms with van der Waals surface area (Å²) in [5, 5.41) is 3.05. The highest BCUT2D eigenvalue weighted by atomic mass is 32.1. The first-order valence-corrected chi connectivity index (χ1v) is 9.03. The van der Waals surface area contributed by atoms with Crippen LogP contribution in [0.2, 0.25) is 0 Å². The van der Waals surface area contributed by atoms with Gasteiger partial charge in [-0.05, 0) is 40.2 Å². The molecule has 0 fully saturated rings. The van der Waals surface area contributed by atoms with Crippen molar-refractivity contribution in [3.63, 3.8) is 0 Å². The molecule has 140 valence electrons.